The number of rotatable bonds is 1. The molecule has 1 N–H and O–H groups in total. The maximum atomic E-state index is 11.8. The molecule has 3 rings (SSSR count). The maximum absolute atomic E-state index is 11.8. The van der Waals surface area contributed by atoms with Crippen molar-refractivity contribution in [2.45, 2.75) is 38.6 Å². The second kappa shape index (κ2) is 4.30. The lowest BCUT2D eigenvalue weighted by Crippen LogP contribution is -2.35. The molecule has 1 aromatic rings. The third-order valence-electron chi connectivity index (χ3n) is 4.19. The van der Waals surface area contributed by atoms with Gasteiger partial charge in [-0.1, -0.05) is 12.8 Å². The number of nitrogens with one attached hydrogen (secondary N) is 1. The minimum Gasteiger partial charge on any atom is -0.465 e. The van der Waals surface area contributed by atoms with E-state index in [1.165, 1.54) is 32.8 Å². The van der Waals surface area contributed by atoms with Crippen molar-refractivity contribution < 1.29 is 9.53 Å². The number of hydrogen-bond acceptors (Lipinski definition) is 4. The molecule has 2 aliphatic rings. The molecule has 2 unspecified atom stereocenters. The van der Waals surface area contributed by atoms with E-state index in [0.717, 1.165) is 18.1 Å². The van der Waals surface area contributed by atoms with Gasteiger partial charge in [-0.25, -0.2) is 9.48 Å². The molecule has 0 spiro atoms. The van der Waals surface area contributed by atoms with Gasteiger partial charge >= 0.3 is 5.97 Å². The summed E-state index contributed by atoms with van der Waals surface area (Å²) in [6.45, 7) is 2.82. The molecule has 0 radical (unpaired) electrons. The molecular weight excluding hydrogens is 230 g/mol. The molecule has 18 heavy (non-hydrogen) atoms. The number of anilines is 1. The SMILES string of the molecule is COC(=O)c1c(C)nn2c1NCC1CCCCC12. The van der Waals surface area contributed by atoms with Gasteiger partial charge in [0.25, 0.3) is 0 Å². The highest BCUT2D eigenvalue weighted by Gasteiger charge is 2.35. The van der Waals surface area contributed by atoms with Crippen molar-refractivity contribution in [2.75, 3.05) is 19.0 Å². The van der Waals surface area contributed by atoms with E-state index < -0.39 is 0 Å². The number of nitrogens with zero attached hydrogens (tertiary/aromatic N) is 2. The topological polar surface area (TPSA) is 56.1 Å². The Morgan fingerprint density at radius 2 is 2.22 bits per heavy atom. The molecule has 98 valence electrons. The van der Waals surface area contributed by atoms with E-state index in [0.29, 0.717) is 17.5 Å². The lowest BCUT2D eigenvalue weighted by molar-refractivity contribution is 0.0600. The molecule has 2 heterocycles. The van der Waals surface area contributed by atoms with E-state index in [-0.39, 0.29) is 5.97 Å². The predicted molar refractivity (Wildman–Crippen MR) is 67.8 cm³/mol. The van der Waals surface area contributed by atoms with E-state index in [1.807, 2.05) is 11.6 Å². The van der Waals surface area contributed by atoms with Gasteiger partial charge in [-0.3, -0.25) is 0 Å². The molecule has 1 aromatic heterocycles. The lowest BCUT2D eigenvalue weighted by Gasteiger charge is -2.37. The van der Waals surface area contributed by atoms with Crippen LogP contribution in [0.25, 0.3) is 0 Å². The quantitative estimate of drug-likeness (QED) is 0.775. The van der Waals surface area contributed by atoms with E-state index >= 15 is 0 Å². The summed E-state index contributed by atoms with van der Waals surface area (Å²) in [6, 6.07) is 0.451. The highest BCUT2D eigenvalue weighted by Crippen LogP contribution is 2.40. The highest BCUT2D eigenvalue weighted by molar-refractivity contribution is 5.96. The molecule has 5 heteroatoms. The second-order valence-corrected chi connectivity index (χ2v) is 5.24. The van der Waals surface area contributed by atoms with E-state index in [1.54, 1.807) is 0 Å². The summed E-state index contributed by atoms with van der Waals surface area (Å²) in [5.41, 5.74) is 1.36. The molecule has 2 atom stereocenters. The molecular formula is C13H19N3O2. The van der Waals surface area contributed by atoms with Crippen LogP contribution in [0.5, 0.6) is 0 Å². The maximum Gasteiger partial charge on any atom is 0.343 e. The van der Waals surface area contributed by atoms with Gasteiger partial charge in [0.2, 0.25) is 0 Å². The Hall–Kier alpha value is -1.52. The number of carbonyl (C=O) groups excluding carboxylic acids is 1. The van der Waals surface area contributed by atoms with Crippen LogP contribution in [-0.2, 0) is 4.74 Å². The van der Waals surface area contributed by atoms with Crippen LogP contribution in [0, 0.1) is 12.8 Å². The first kappa shape index (κ1) is 11.6. The van der Waals surface area contributed by atoms with Crippen molar-refractivity contribution >= 4 is 11.8 Å². The van der Waals surface area contributed by atoms with Gasteiger partial charge < -0.3 is 10.1 Å². The Balaban J connectivity index is 2.03. The van der Waals surface area contributed by atoms with Crippen LogP contribution in [0.4, 0.5) is 5.82 Å². The van der Waals surface area contributed by atoms with Gasteiger partial charge in [-0.05, 0) is 25.7 Å². The fourth-order valence-corrected chi connectivity index (χ4v) is 3.28. The summed E-state index contributed by atoms with van der Waals surface area (Å²) in [6.07, 6.45) is 4.99. The van der Waals surface area contributed by atoms with Gasteiger partial charge in [-0.2, -0.15) is 5.10 Å². The van der Waals surface area contributed by atoms with Gasteiger partial charge in [0.1, 0.15) is 11.4 Å². The zero-order chi connectivity index (χ0) is 12.7. The first-order chi connectivity index (χ1) is 8.72. The van der Waals surface area contributed by atoms with Crippen molar-refractivity contribution in [3.8, 4) is 0 Å². The molecule has 0 saturated heterocycles. The summed E-state index contributed by atoms with van der Waals surface area (Å²) in [5, 5.41) is 7.92. The summed E-state index contributed by atoms with van der Waals surface area (Å²) in [5.74, 6) is 1.20. The molecule has 0 aromatic carbocycles. The Morgan fingerprint density at radius 3 is 3.00 bits per heavy atom. The normalized spacial score (nSPS) is 25.9. The van der Waals surface area contributed by atoms with Crippen molar-refractivity contribution in [3.63, 3.8) is 0 Å². The first-order valence-electron chi connectivity index (χ1n) is 6.63. The van der Waals surface area contributed by atoms with Crippen LogP contribution >= 0.6 is 0 Å². The fraction of sp³-hybridized carbons (Fsp3) is 0.692. The second-order valence-electron chi connectivity index (χ2n) is 5.24. The minimum atomic E-state index is -0.296. The predicted octanol–water partition coefficient (Wildman–Crippen LogP) is 2.13. The standard InChI is InChI=1S/C13H19N3O2/c1-8-11(13(17)18-2)12-14-7-9-5-3-4-6-10(9)16(12)15-8/h9-10,14H,3-7H2,1-2H3. The number of methoxy groups -OCH3 is 1. The third kappa shape index (κ3) is 1.61. The van der Waals surface area contributed by atoms with Gasteiger partial charge in [0.05, 0.1) is 18.8 Å². The average molecular weight is 249 g/mol. The zero-order valence-electron chi connectivity index (χ0n) is 10.9. The summed E-state index contributed by atoms with van der Waals surface area (Å²) in [4.78, 5) is 11.8. The van der Waals surface area contributed by atoms with Crippen molar-refractivity contribution in [2.24, 2.45) is 5.92 Å². The number of aryl methyl sites for hydroxylation is 1. The molecule has 1 fully saturated rings. The molecule has 0 amide bonds. The van der Waals surface area contributed by atoms with Gasteiger partial charge in [0, 0.05) is 6.54 Å². The molecule has 1 aliphatic carbocycles. The smallest absolute Gasteiger partial charge is 0.343 e. The minimum absolute atomic E-state index is 0.296. The first-order valence-corrected chi connectivity index (χ1v) is 6.63. The summed E-state index contributed by atoms with van der Waals surface area (Å²) < 4.78 is 6.87. The Labute approximate surface area is 107 Å². The molecule has 5 nitrogen and oxygen atoms in total. The number of ether oxygens (including phenoxy) is 1. The lowest BCUT2D eigenvalue weighted by atomic mass is 9.83. The van der Waals surface area contributed by atoms with Gasteiger partial charge in [-0.15, -0.1) is 0 Å². The van der Waals surface area contributed by atoms with Crippen LogP contribution < -0.4 is 5.32 Å². The third-order valence-corrected chi connectivity index (χ3v) is 4.19. The van der Waals surface area contributed by atoms with Gasteiger partial charge in [0.15, 0.2) is 0 Å². The van der Waals surface area contributed by atoms with Crippen molar-refractivity contribution in [1.29, 1.82) is 0 Å². The monoisotopic (exact) mass is 249 g/mol. The fourth-order valence-electron chi connectivity index (χ4n) is 3.28. The number of carbonyl (C=O) groups is 1. The Kier molecular flexibility index (Phi) is 2.76. The Morgan fingerprint density at radius 1 is 1.44 bits per heavy atom. The van der Waals surface area contributed by atoms with E-state index in [2.05, 4.69) is 10.4 Å². The number of aromatic nitrogens is 2. The van der Waals surface area contributed by atoms with Crippen molar-refractivity contribution in [3.05, 3.63) is 11.3 Å². The molecule has 1 aliphatic heterocycles. The number of hydrogen-bond donors (Lipinski definition) is 1. The molecule has 1 saturated carbocycles. The summed E-state index contributed by atoms with van der Waals surface area (Å²) >= 11 is 0. The Bertz CT molecular complexity index is 481. The van der Waals surface area contributed by atoms with Crippen molar-refractivity contribution in [1.82, 2.24) is 9.78 Å². The number of fused-ring (bicyclic) bond motifs is 3. The van der Waals surface area contributed by atoms with E-state index in [9.17, 15) is 4.79 Å². The largest absolute Gasteiger partial charge is 0.465 e. The van der Waals surface area contributed by atoms with Crippen LogP contribution in [0.1, 0.15) is 47.8 Å². The number of esters is 1. The average Bonchev–Trinajstić information content (AvgIpc) is 2.74. The van der Waals surface area contributed by atoms with E-state index in [4.69, 9.17) is 4.74 Å². The summed E-state index contributed by atoms with van der Waals surface area (Å²) in [7, 11) is 1.41. The van der Waals surface area contributed by atoms with Crippen LogP contribution in [0.15, 0.2) is 0 Å². The van der Waals surface area contributed by atoms with Crippen LogP contribution in [0.2, 0.25) is 0 Å². The highest BCUT2D eigenvalue weighted by atomic mass is 16.5. The van der Waals surface area contributed by atoms with Crippen LogP contribution in [-0.4, -0.2) is 29.4 Å². The zero-order valence-corrected chi connectivity index (χ0v) is 10.9. The molecule has 0 bridgehead atoms. The van der Waals surface area contributed by atoms with Crippen LogP contribution in [0.3, 0.4) is 0 Å².